The average molecular weight is 242 g/mol. The Morgan fingerprint density at radius 1 is 1.39 bits per heavy atom. The van der Waals surface area contributed by atoms with Crippen LogP contribution in [0.25, 0.3) is 0 Å². The van der Waals surface area contributed by atoms with Crippen molar-refractivity contribution in [2.75, 3.05) is 0 Å². The van der Waals surface area contributed by atoms with Crippen LogP contribution in [0.3, 0.4) is 0 Å². The fourth-order valence-electron chi connectivity index (χ4n) is 2.61. The molecule has 0 saturated carbocycles. The molecule has 0 aliphatic heterocycles. The van der Waals surface area contributed by atoms with E-state index in [0.717, 1.165) is 19.3 Å². The first kappa shape index (κ1) is 11.0. The van der Waals surface area contributed by atoms with Crippen molar-refractivity contribution in [1.82, 2.24) is 9.55 Å². The van der Waals surface area contributed by atoms with Gasteiger partial charge in [0, 0.05) is 18.4 Å². The van der Waals surface area contributed by atoms with Crippen molar-refractivity contribution in [3.05, 3.63) is 53.6 Å². The number of aryl methyl sites for hydroxylation is 1. The Bertz CT molecular complexity index is 575. The van der Waals surface area contributed by atoms with Gasteiger partial charge in [-0.3, -0.25) is 0 Å². The first-order valence-corrected chi connectivity index (χ1v) is 6.06. The molecule has 0 fully saturated rings. The van der Waals surface area contributed by atoms with Crippen LogP contribution >= 0.6 is 0 Å². The largest absolute Gasteiger partial charge is 0.478 e. The number of carboxylic acid groups (broad SMARTS) is 1. The van der Waals surface area contributed by atoms with E-state index in [1.165, 1.54) is 11.1 Å². The third-order valence-electron chi connectivity index (χ3n) is 3.60. The lowest BCUT2D eigenvalue weighted by Crippen LogP contribution is -2.18. The zero-order chi connectivity index (χ0) is 12.5. The van der Waals surface area contributed by atoms with Gasteiger partial charge in [0.15, 0.2) is 0 Å². The van der Waals surface area contributed by atoms with Crippen molar-refractivity contribution in [2.45, 2.75) is 25.3 Å². The highest BCUT2D eigenvalue weighted by Gasteiger charge is 2.20. The number of rotatable bonds is 2. The monoisotopic (exact) mass is 242 g/mol. The van der Waals surface area contributed by atoms with Gasteiger partial charge in [0.25, 0.3) is 0 Å². The molecule has 1 aliphatic carbocycles. The molecule has 1 aliphatic rings. The zero-order valence-electron chi connectivity index (χ0n) is 9.91. The molecule has 0 radical (unpaired) electrons. The Balaban J connectivity index is 1.88. The molecular weight excluding hydrogens is 228 g/mol. The van der Waals surface area contributed by atoms with Crippen molar-refractivity contribution in [3.63, 3.8) is 0 Å². The van der Waals surface area contributed by atoms with E-state index in [0.29, 0.717) is 11.6 Å². The minimum absolute atomic E-state index is 0.384. The van der Waals surface area contributed by atoms with Gasteiger partial charge in [-0.05, 0) is 42.5 Å². The van der Waals surface area contributed by atoms with Gasteiger partial charge in [-0.25, -0.2) is 9.78 Å². The maximum absolute atomic E-state index is 10.9. The van der Waals surface area contributed by atoms with E-state index >= 15 is 0 Å². The zero-order valence-corrected chi connectivity index (χ0v) is 9.91. The minimum atomic E-state index is -0.852. The normalized spacial score (nSPS) is 18.3. The Morgan fingerprint density at radius 2 is 2.28 bits per heavy atom. The predicted molar refractivity (Wildman–Crippen MR) is 66.7 cm³/mol. The van der Waals surface area contributed by atoms with Crippen LogP contribution in [0.5, 0.6) is 0 Å². The molecule has 2 aromatic rings. The highest BCUT2D eigenvalue weighted by molar-refractivity contribution is 5.87. The lowest BCUT2D eigenvalue weighted by Gasteiger charge is -2.25. The number of imidazole rings is 1. The van der Waals surface area contributed by atoms with Gasteiger partial charge in [-0.15, -0.1) is 0 Å². The van der Waals surface area contributed by atoms with Crippen LogP contribution in [0.1, 0.15) is 33.9 Å². The SMILES string of the molecule is O=C(O)c1ccc2c(c1)CCC(n1ccnc1)C2. The molecule has 0 amide bonds. The molecule has 1 aromatic heterocycles. The molecule has 4 nitrogen and oxygen atoms in total. The average Bonchev–Trinajstić information content (AvgIpc) is 2.91. The number of aromatic nitrogens is 2. The second-order valence-electron chi connectivity index (χ2n) is 4.70. The summed E-state index contributed by atoms with van der Waals surface area (Å²) in [5.41, 5.74) is 2.81. The maximum atomic E-state index is 10.9. The van der Waals surface area contributed by atoms with Gasteiger partial charge in [0.05, 0.1) is 11.9 Å². The highest BCUT2D eigenvalue weighted by atomic mass is 16.4. The molecule has 92 valence electrons. The lowest BCUT2D eigenvalue weighted by atomic mass is 9.87. The van der Waals surface area contributed by atoms with Crippen LogP contribution in [0.2, 0.25) is 0 Å². The number of carbonyl (C=O) groups is 1. The predicted octanol–water partition coefficient (Wildman–Crippen LogP) is 2.31. The number of nitrogens with zero attached hydrogens (tertiary/aromatic N) is 2. The molecule has 4 heteroatoms. The fourth-order valence-corrected chi connectivity index (χ4v) is 2.61. The van der Waals surface area contributed by atoms with Gasteiger partial charge in [-0.1, -0.05) is 6.07 Å². The van der Waals surface area contributed by atoms with Gasteiger partial charge in [0.2, 0.25) is 0 Å². The van der Waals surface area contributed by atoms with E-state index in [2.05, 4.69) is 9.55 Å². The fraction of sp³-hybridized carbons (Fsp3) is 0.286. The van der Waals surface area contributed by atoms with E-state index in [4.69, 9.17) is 5.11 Å². The second kappa shape index (κ2) is 4.29. The van der Waals surface area contributed by atoms with Crippen molar-refractivity contribution in [1.29, 1.82) is 0 Å². The molecule has 0 bridgehead atoms. The minimum Gasteiger partial charge on any atom is -0.478 e. The molecule has 1 unspecified atom stereocenters. The van der Waals surface area contributed by atoms with Gasteiger partial charge >= 0.3 is 5.97 Å². The first-order valence-electron chi connectivity index (χ1n) is 6.06. The van der Waals surface area contributed by atoms with Gasteiger partial charge < -0.3 is 9.67 Å². The summed E-state index contributed by atoms with van der Waals surface area (Å²) < 4.78 is 2.13. The molecule has 3 rings (SSSR count). The maximum Gasteiger partial charge on any atom is 0.335 e. The summed E-state index contributed by atoms with van der Waals surface area (Å²) in [5.74, 6) is -0.852. The van der Waals surface area contributed by atoms with Gasteiger partial charge in [0.1, 0.15) is 0 Å². The molecule has 1 N–H and O–H groups in total. The summed E-state index contributed by atoms with van der Waals surface area (Å²) in [6.07, 6.45) is 8.54. The van der Waals surface area contributed by atoms with Crippen molar-refractivity contribution in [2.24, 2.45) is 0 Å². The number of carboxylic acids is 1. The van der Waals surface area contributed by atoms with E-state index in [1.54, 1.807) is 12.3 Å². The van der Waals surface area contributed by atoms with Crippen LogP contribution in [-0.2, 0) is 12.8 Å². The van der Waals surface area contributed by atoms with Gasteiger partial charge in [-0.2, -0.15) is 0 Å². The summed E-state index contributed by atoms with van der Waals surface area (Å²) in [6, 6.07) is 5.89. The summed E-state index contributed by atoms with van der Waals surface area (Å²) in [7, 11) is 0. The summed E-state index contributed by atoms with van der Waals surface area (Å²) in [6.45, 7) is 0. The first-order chi connectivity index (χ1) is 8.74. The summed E-state index contributed by atoms with van der Waals surface area (Å²) >= 11 is 0. The molecule has 1 heterocycles. The van der Waals surface area contributed by atoms with E-state index in [-0.39, 0.29) is 0 Å². The smallest absolute Gasteiger partial charge is 0.335 e. The molecule has 0 saturated heterocycles. The van der Waals surface area contributed by atoms with Crippen molar-refractivity contribution in [3.8, 4) is 0 Å². The second-order valence-corrected chi connectivity index (χ2v) is 4.70. The van der Waals surface area contributed by atoms with Crippen LogP contribution in [-0.4, -0.2) is 20.6 Å². The van der Waals surface area contributed by atoms with Crippen molar-refractivity contribution < 1.29 is 9.90 Å². The van der Waals surface area contributed by atoms with E-state index in [1.807, 2.05) is 24.7 Å². The number of hydrogen-bond acceptors (Lipinski definition) is 2. The molecular formula is C14H14N2O2. The van der Waals surface area contributed by atoms with E-state index in [9.17, 15) is 4.79 Å². The van der Waals surface area contributed by atoms with Crippen LogP contribution in [0, 0.1) is 0 Å². The standard InChI is InChI=1S/C14H14N2O2/c17-14(18)12-2-1-11-8-13(4-3-10(11)7-12)16-6-5-15-9-16/h1-2,5-7,9,13H,3-4,8H2,(H,17,18). The quantitative estimate of drug-likeness (QED) is 0.879. The number of benzene rings is 1. The number of hydrogen-bond donors (Lipinski definition) is 1. The Morgan fingerprint density at radius 3 is 3.00 bits per heavy atom. The highest BCUT2D eigenvalue weighted by Crippen LogP contribution is 2.29. The van der Waals surface area contributed by atoms with Crippen LogP contribution < -0.4 is 0 Å². The Labute approximate surface area is 105 Å². The third kappa shape index (κ3) is 1.90. The number of fused-ring (bicyclic) bond motifs is 1. The van der Waals surface area contributed by atoms with Crippen LogP contribution in [0.4, 0.5) is 0 Å². The summed E-state index contributed by atoms with van der Waals surface area (Å²) in [5, 5.41) is 8.98. The Hall–Kier alpha value is -2.10. The van der Waals surface area contributed by atoms with E-state index < -0.39 is 5.97 Å². The Kier molecular flexibility index (Phi) is 2.63. The summed E-state index contributed by atoms with van der Waals surface area (Å²) in [4.78, 5) is 15.0. The molecule has 1 aromatic carbocycles. The molecule has 1 atom stereocenters. The third-order valence-corrected chi connectivity index (χ3v) is 3.60. The molecule has 18 heavy (non-hydrogen) atoms. The van der Waals surface area contributed by atoms with Crippen LogP contribution in [0.15, 0.2) is 36.9 Å². The van der Waals surface area contributed by atoms with Crippen molar-refractivity contribution >= 4 is 5.97 Å². The topological polar surface area (TPSA) is 55.1 Å². The lowest BCUT2D eigenvalue weighted by molar-refractivity contribution is 0.0696. The number of aromatic carboxylic acids is 1. The molecule has 0 spiro atoms.